The molecule has 0 aliphatic heterocycles. The standard InChI is InChI=1S/C11H15BrN2O2S/c12-10-8-13-7-6-11(10)14-17(15,16)9-4-2-1-3-5-9/h6-9H,1-5H2,(H,13,14). The lowest BCUT2D eigenvalue weighted by atomic mass is 10.0. The van der Waals surface area contributed by atoms with E-state index in [2.05, 4.69) is 25.6 Å². The fourth-order valence-electron chi connectivity index (χ4n) is 2.07. The Morgan fingerprint density at radius 1 is 1.29 bits per heavy atom. The molecule has 0 unspecified atom stereocenters. The van der Waals surface area contributed by atoms with E-state index in [-0.39, 0.29) is 5.25 Å². The summed E-state index contributed by atoms with van der Waals surface area (Å²) < 4.78 is 27.6. The average molecular weight is 319 g/mol. The van der Waals surface area contributed by atoms with E-state index >= 15 is 0 Å². The number of sulfonamides is 1. The van der Waals surface area contributed by atoms with Crippen molar-refractivity contribution in [3.8, 4) is 0 Å². The van der Waals surface area contributed by atoms with Crippen LogP contribution in [0.2, 0.25) is 0 Å². The molecule has 1 N–H and O–H groups in total. The average Bonchev–Trinajstić information content (AvgIpc) is 2.33. The van der Waals surface area contributed by atoms with Gasteiger partial charge in [-0.1, -0.05) is 19.3 Å². The van der Waals surface area contributed by atoms with E-state index < -0.39 is 10.0 Å². The molecule has 4 nitrogen and oxygen atoms in total. The van der Waals surface area contributed by atoms with Gasteiger partial charge in [0.05, 0.1) is 15.4 Å². The topological polar surface area (TPSA) is 59.1 Å². The summed E-state index contributed by atoms with van der Waals surface area (Å²) in [5.41, 5.74) is 0.561. The Morgan fingerprint density at radius 2 is 2.00 bits per heavy atom. The van der Waals surface area contributed by atoms with E-state index in [0.29, 0.717) is 10.2 Å². The maximum absolute atomic E-state index is 12.2. The van der Waals surface area contributed by atoms with Gasteiger partial charge in [0.2, 0.25) is 10.0 Å². The smallest absolute Gasteiger partial charge is 0.235 e. The quantitative estimate of drug-likeness (QED) is 0.932. The zero-order valence-electron chi connectivity index (χ0n) is 9.39. The predicted octanol–water partition coefficient (Wildman–Crippen LogP) is 2.92. The molecule has 0 atom stereocenters. The van der Waals surface area contributed by atoms with E-state index in [1.807, 2.05) is 0 Å². The van der Waals surface area contributed by atoms with Gasteiger partial charge in [0.1, 0.15) is 0 Å². The molecule has 0 spiro atoms. The second kappa shape index (κ2) is 5.35. The summed E-state index contributed by atoms with van der Waals surface area (Å²) >= 11 is 3.28. The van der Waals surface area contributed by atoms with Crippen molar-refractivity contribution in [2.24, 2.45) is 0 Å². The van der Waals surface area contributed by atoms with Crippen molar-refractivity contribution >= 4 is 31.6 Å². The lowest BCUT2D eigenvalue weighted by molar-refractivity contribution is 0.486. The molecular weight excluding hydrogens is 304 g/mol. The molecule has 0 saturated heterocycles. The SMILES string of the molecule is O=S(=O)(Nc1ccncc1Br)C1CCCCC1. The Labute approximate surface area is 110 Å². The fraction of sp³-hybridized carbons (Fsp3) is 0.545. The zero-order chi connectivity index (χ0) is 12.3. The summed E-state index contributed by atoms with van der Waals surface area (Å²) in [6, 6.07) is 1.66. The lowest BCUT2D eigenvalue weighted by Crippen LogP contribution is -2.29. The molecule has 0 radical (unpaired) electrons. The fourth-order valence-corrected chi connectivity index (χ4v) is 4.16. The van der Waals surface area contributed by atoms with Gasteiger partial charge in [-0.15, -0.1) is 0 Å². The van der Waals surface area contributed by atoms with E-state index in [9.17, 15) is 8.42 Å². The molecule has 2 rings (SSSR count). The van der Waals surface area contributed by atoms with Crippen molar-refractivity contribution in [1.82, 2.24) is 4.98 Å². The van der Waals surface area contributed by atoms with Crippen LogP contribution in [0.15, 0.2) is 22.9 Å². The Hall–Kier alpha value is -0.620. The van der Waals surface area contributed by atoms with E-state index in [0.717, 1.165) is 32.1 Å². The summed E-state index contributed by atoms with van der Waals surface area (Å²) in [4.78, 5) is 3.91. The van der Waals surface area contributed by atoms with Crippen LogP contribution in [0.25, 0.3) is 0 Å². The Kier molecular flexibility index (Phi) is 4.04. The summed E-state index contributed by atoms with van der Waals surface area (Å²) in [5, 5.41) is -0.253. The van der Waals surface area contributed by atoms with Gasteiger partial charge in [-0.25, -0.2) is 8.42 Å². The van der Waals surface area contributed by atoms with Gasteiger partial charge in [-0.05, 0) is 34.8 Å². The van der Waals surface area contributed by atoms with Crippen molar-refractivity contribution in [3.05, 3.63) is 22.9 Å². The lowest BCUT2D eigenvalue weighted by Gasteiger charge is -2.22. The minimum absolute atomic E-state index is 0.253. The predicted molar refractivity (Wildman–Crippen MR) is 71.4 cm³/mol. The molecule has 1 aliphatic rings. The van der Waals surface area contributed by atoms with Crippen molar-refractivity contribution in [2.75, 3.05) is 4.72 Å². The molecule has 6 heteroatoms. The molecule has 0 aromatic carbocycles. The van der Waals surface area contributed by atoms with Crippen molar-refractivity contribution in [1.29, 1.82) is 0 Å². The highest BCUT2D eigenvalue weighted by Crippen LogP contribution is 2.27. The van der Waals surface area contributed by atoms with Crippen LogP contribution in [0.5, 0.6) is 0 Å². The number of nitrogens with one attached hydrogen (secondary N) is 1. The van der Waals surface area contributed by atoms with Crippen LogP contribution in [0, 0.1) is 0 Å². The molecule has 1 aromatic rings. The van der Waals surface area contributed by atoms with Gasteiger partial charge >= 0.3 is 0 Å². The molecule has 1 aromatic heterocycles. The van der Waals surface area contributed by atoms with Crippen LogP contribution in [0.1, 0.15) is 32.1 Å². The third-order valence-electron chi connectivity index (χ3n) is 3.02. The molecule has 1 fully saturated rings. The van der Waals surface area contributed by atoms with Crippen LogP contribution >= 0.6 is 15.9 Å². The van der Waals surface area contributed by atoms with Crippen LogP contribution in [-0.4, -0.2) is 18.7 Å². The first-order valence-electron chi connectivity index (χ1n) is 5.71. The van der Waals surface area contributed by atoms with Crippen LogP contribution in [-0.2, 0) is 10.0 Å². The van der Waals surface area contributed by atoms with Gasteiger partial charge in [-0.2, -0.15) is 0 Å². The van der Waals surface area contributed by atoms with E-state index in [1.165, 1.54) is 0 Å². The van der Waals surface area contributed by atoms with Gasteiger partial charge in [-0.3, -0.25) is 9.71 Å². The summed E-state index contributed by atoms with van der Waals surface area (Å²) in [6.45, 7) is 0. The van der Waals surface area contributed by atoms with Crippen molar-refractivity contribution in [3.63, 3.8) is 0 Å². The minimum Gasteiger partial charge on any atom is -0.282 e. The summed E-state index contributed by atoms with van der Waals surface area (Å²) in [6.07, 6.45) is 7.83. The second-order valence-electron chi connectivity index (χ2n) is 4.26. The molecule has 0 amide bonds. The number of anilines is 1. The Morgan fingerprint density at radius 3 is 2.65 bits per heavy atom. The van der Waals surface area contributed by atoms with E-state index in [4.69, 9.17) is 0 Å². The highest BCUT2D eigenvalue weighted by Gasteiger charge is 2.27. The summed E-state index contributed by atoms with van der Waals surface area (Å²) in [7, 11) is -3.27. The zero-order valence-corrected chi connectivity index (χ0v) is 11.8. The van der Waals surface area contributed by atoms with E-state index in [1.54, 1.807) is 18.5 Å². The van der Waals surface area contributed by atoms with Crippen molar-refractivity contribution < 1.29 is 8.42 Å². The van der Waals surface area contributed by atoms with Gasteiger partial charge < -0.3 is 0 Å². The molecular formula is C11H15BrN2O2S. The number of hydrogen-bond donors (Lipinski definition) is 1. The Bertz CT molecular complexity index is 484. The first-order valence-corrected chi connectivity index (χ1v) is 8.05. The largest absolute Gasteiger partial charge is 0.282 e. The van der Waals surface area contributed by atoms with Gasteiger partial charge in [0, 0.05) is 12.4 Å². The van der Waals surface area contributed by atoms with Gasteiger partial charge in [0.25, 0.3) is 0 Å². The first kappa shape index (κ1) is 12.8. The Balaban J connectivity index is 2.14. The van der Waals surface area contributed by atoms with Gasteiger partial charge in [0.15, 0.2) is 0 Å². The molecule has 1 saturated carbocycles. The van der Waals surface area contributed by atoms with Crippen molar-refractivity contribution in [2.45, 2.75) is 37.4 Å². The number of halogens is 1. The minimum atomic E-state index is -3.27. The monoisotopic (exact) mass is 318 g/mol. The molecule has 94 valence electrons. The highest BCUT2D eigenvalue weighted by molar-refractivity contribution is 9.10. The molecule has 17 heavy (non-hydrogen) atoms. The maximum atomic E-state index is 12.2. The highest BCUT2D eigenvalue weighted by atomic mass is 79.9. The van der Waals surface area contributed by atoms with Crippen LogP contribution in [0.3, 0.4) is 0 Å². The van der Waals surface area contributed by atoms with Crippen LogP contribution < -0.4 is 4.72 Å². The molecule has 1 aliphatic carbocycles. The number of nitrogens with zero attached hydrogens (tertiary/aromatic N) is 1. The second-order valence-corrected chi connectivity index (χ2v) is 7.08. The first-order chi connectivity index (χ1) is 8.09. The molecule has 1 heterocycles. The number of aromatic nitrogens is 1. The third-order valence-corrected chi connectivity index (χ3v) is 5.50. The third kappa shape index (κ3) is 3.19. The number of hydrogen-bond acceptors (Lipinski definition) is 3. The maximum Gasteiger partial charge on any atom is 0.235 e. The van der Waals surface area contributed by atoms with Crippen LogP contribution in [0.4, 0.5) is 5.69 Å². The number of pyridine rings is 1. The summed E-state index contributed by atoms with van der Waals surface area (Å²) in [5.74, 6) is 0. The molecule has 0 bridgehead atoms. The normalized spacial score (nSPS) is 17.9. The number of rotatable bonds is 3.